The zero-order valence-corrected chi connectivity index (χ0v) is 15.2. The van der Waals surface area contributed by atoms with Crippen LogP contribution in [0.4, 0.5) is 4.39 Å². The Kier molecular flexibility index (Phi) is 4.87. The minimum absolute atomic E-state index is 0.156. The summed E-state index contributed by atoms with van der Waals surface area (Å²) in [4.78, 5) is 12.7. The third-order valence-corrected chi connectivity index (χ3v) is 5.05. The summed E-state index contributed by atoms with van der Waals surface area (Å²) in [5, 5.41) is 4.23. The molecule has 0 atom stereocenters. The van der Waals surface area contributed by atoms with E-state index in [9.17, 15) is 9.18 Å². The largest absolute Gasteiger partial charge is 0.350 e. The molecule has 0 saturated carbocycles. The second-order valence-corrected chi connectivity index (χ2v) is 6.74. The van der Waals surface area contributed by atoms with Gasteiger partial charge in [-0.05, 0) is 35.7 Å². The van der Waals surface area contributed by atoms with Crippen molar-refractivity contribution in [3.05, 3.63) is 81.8 Å². The van der Waals surface area contributed by atoms with Crippen LogP contribution in [-0.4, -0.2) is 27.4 Å². The van der Waals surface area contributed by atoms with Gasteiger partial charge in [0, 0.05) is 24.6 Å². The van der Waals surface area contributed by atoms with Gasteiger partial charge in [0.25, 0.3) is 0 Å². The van der Waals surface area contributed by atoms with Crippen molar-refractivity contribution in [3.63, 3.8) is 0 Å². The Morgan fingerprint density at radius 3 is 2.67 bits per heavy atom. The number of hydrogen-bond donors (Lipinski definition) is 2. The summed E-state index contributed by atoms with van der Waals surface area (Å²) in [6, 6.07) is 12.5. The van der Waals surface area contributed by atoms with Crippen LogP contribution in [0.15, 0.2) is 53.6 Å². The number of nitrogens with zero attached hydrogens (tertiary/aromatic N) is 3. The molecule has 0 amide bonds. The van der Waals surface area contributed by atoms with E-state index in [1.807, 2.05) is 12.1 Å². The molecule has 1 saturated heterocycles. The average molecular weight is 367 g/mol. The lowest BCUT2D eigenvalue weighted by Gasteiger charge is -2.14. The van der Waals surface area contributed by atoms with Crippen molar-refractivity contribution in [2.24, 2.45) is 0 Å². The lowest BCUT2D eigenvalue weighted by molar-refractivity contribution is 0.595. The third kappa shape index (κ3) is 3.43. The van der Waals surface area contributed by atoms with E-state index in [1.165, 1.54) is 32.8 Å². The van der Waals surface area contributed by atoms with Crippen LogP contribution in [0.3, 0.4) is 0 Å². The second-order valence-electron chi connectivity index (χ2n) is 6.74. The molecule has 6 nitrogen and oxygen atoms in total. The zero-order chi connectivity index (χ0) is 18.8. The highest BCUT2D eigenvalue weighted by Crippen LogP contribution is 2.24. The molecule has 2 heterocycles. The number of nitrogens with one attached hydrogen (secondary N) is 2. The van der Waals surface area contributed by atoms with E-state index in [0.717, 1.165) is 25.2 Å². The molecule has 3 aromatic rings. The summed E-state index contributed by atoms with van der Waals surface area (Å²) in [7, 11) is 0. The van der Waals surface area contributed by atoms with Crippen molar-refractivity contribution >= 4 is 0 Å². The van der Waals surface area contributed by atoms with Gasteiger partial charge in [0.05, 0.1) is 12.2 Å². The van der Waals surface area contributed by atoms with E-state index >= 15 is 0 Å². The van der Waals surface area contributed by atoms with Gasteiger partial charge in [-0.2, -0.15) is 9.78 Å². The fourth-order valence-electron chi connectivity index (χ4n) is 3.54. The first-order valence-corrected chi connectivity index (χ1v) is 9.14. The first-order valence-electron chi connectivity index (χ1n) is 9.14. The van der Waals surface area contributed by atoms with Crippen LogP contribution in [0.25, 0.3) is 5.69 Å². The fraction of sp³-hybridized carbons (Fsp3) is 0.300. The van der Waals surface area contributed by atoms with E-state index in [-0.39, 0.29) is 18.1 Å². The standard InChI is InChI=1S/C20H22FN5O/c1-2-14-9-17(7-8-18(14)16-10-22-23-11-16)26-20(27)25(13-24-26)12-15-5-3-4-6-19(15)21/h3-9,13,16,22-23H,2,10-12H2,1H3. The summed E-state index contributed by atoms with van der Waals surface area (Å²) < 4.78 is 16.7. The van der Waals surface area contributed by atoms with Gasteiger partial charge in [-0.1, -0.05) is 31.2 Å². The van der Waals surface area contributed by atoms with E-state index in [4.69, 9.17) is 0 Å². The maximum atomic E-state index is 13.9. The summed E-state index contributed by atoms with van der Waals surface area (Å²) >= 11 is 0. The number of hydrazine groups is 1. The summed E-state index contributed by atoms with van der Waals surface area (Å²) in [6.07, 6.45) is 2.34. The van der Waals surface area contributed by atoms with Crippen molar-refractivity contribution < 1.29 is 4.39 Å². The number of hydrogen-bond acceptors (Lipinski definition) is 4. The Balaban J connectivity index is 1.65. The summed E-state index contributed by atoms with van der Waals surface area (Å²) in [6.45, 7) is 4.05. The molecular formula is C20H22FN5O. The predicted molar refractivity (Wildman–Crippen MR) is 101 cm³/mol. The summed E-state index contributed by atoms with van der Waals surface area (Å²) in [5.74, 6) is 0.0953. The topological polar surface area (TPSA) is 63.9 Å². The number of halogens is 1. The van der Waals surface area contributed by atoms with Crippen LogP contribution in [0, 0.1) is 5.82 Å². The second kappa shape index (κ2) is 7.46. The number of aryl methyl sites for hydroxylation is 1. The van der Waals surface area contributed by atoms with Crippen LogP contribution >= 0.6 is 0 Å². The van der Waals surface area contributed by atoms with Crippen LogP contribution < -0.4 is 16.5 Å². The van der Waals surface area contributed by atoms with Gasteiger partial charge < -0.3 is 0 Å². The smallest absolute Gasteiger partial charge is 0.277 e. The Hall–Kier alpha value is -2.77. The highest BCUT2D eigenvalue weighted by molar-refractivity contribution is 5.42. The molecule has 0 spiro atoms. The molecule has 0 aliphatic carbocycles. The Morgan fingerprint density at radius 1 is 1.15 bits per heavy atom. The minimum Gasteiger partial charge on any atom is -0.277 e. The van der Waals surface area contributed by atoms with Gasteiger partial charge >= 0.3 is 5.69 Å². The van der Waals surface area contributed by atoms with E-state index < -0.39 is 0 Å². The van der Waals surface area contributed by atoms with Crippen LogP contribution in [0.1, 0.15) is 29.5 Å². The molecule has 0 unspecified atom stereocenters. The van der Waals surface area contributed by atoms with Crippen molar-refractivity contribution in [1.82, 2.24) is 25.2 Å². The molecule has 140 valence electrons. The molecule has 4 rings (SSSR count). The minimum atomic E-state index is -0.325. The van der Waals surface area contributed by atoms with E-state index in [1.54, 1.807) is 18.2 Å². The SMILES string of the molecule is CCc1cc(-n2ncn(Cc3ccccc3F)c2=O)ccc1C1CNNC1. The lowest BCUT2D eigenvalue weighted by atomic mass is 9.93. The molecule has 2 aromatic carbocycles. The van der Waals surface area contributed by atoms with Gasteiger partial charge in [0.1, 0.15) is 12.1 Å². The Morgan fingerprint density at radius 2 is 1.93 bits per heavy atom. The van der Waals surface area contributed by atoms with Crippen LogP contribution in [0.2, 0.25) is 0 Å². The number of rotatable bonds is 5. The molecule has 0 bridgehead atoms. The van der Waals surface area contributed by atoms with Crippen LogP contribution in [-0.2, 0) is 13.0 Å². The van der Waals surface area contributed by atoms with Gasteiger partial charge in [0.15, 0.2) is 0 Å². The lowest BCUT2D eigenvalue weighted by Crippen LogP contribution is -2.24. The molecule has 1 aliphatic rings. The first kappa shape index (κ1) is 17.6. The van der Waals surface area contributed by atoms with Crippen molar-refractivity contribution in [2.75, 3.05) is 13.1 Å². The monoisotopic (exact) mass is 367 g/mol. The highest BCUT2D eigenvalue weighted by atomic mass is 19.1. The van der Waals surface area contributed by atoms with Gasteiger partial charge in [-0.15, -0.1) is 0 Å². The zero-order valence-electron chi connectivity index (χ0n) is 15.2. The van der Waals surface area contributed by atoms with Gasteiger partial charge in [-0.3, -0.25) is 15.4 Å². The molecule has 27 heavy (non-hydrogen) atoms. The van der Waals surface area contributed by atoms with E-state index in [0.29, 0.717) is 11.5 Å². The van der Waals surface area contributed by atoms with Crippen LogP contribution in [0.5, 0.6) is 0 Å². The summed E-state index contributed by atoms with van der Waals surface area (Å²) in [5.41, 5.74) is 9.72. The molecule has 2 N–H and O–H groups in total. The van der Waals surface area contributed by atoms with Crippen molar-refractivity contribution in [2.45, 2.75) is 25.8 Å². The first-order chi connectivity index (χ1) is 13.2. The number of benzene rings is 2. The number of aromatic nitrogens is 3. The van der Waals surface area contributed by atoms with Gasteiger partial charge in [0.2, 0.25) is 0 Å². The average Bonchev–Trinajstić information content (AvgIpc) is 3.34. The maximum absolute atomic E-state index is 13.9. The molecule has 1 aliphatic heterocycles. The molecular weight excluding hydrogens is 345 g/mol. The van der Waals surface area contributed by atoms with E-state index in [2.05, 4.69) is 28.9 Å². The predicted octanol–water partition coefficient (Wildman–Crippen LogP) is 1.98. The molecule has 1 aromatic heterocycles. The normalized spacial score (nSPS) is 14.7. The van der Waals surface area contributed by atoms with Crippen molar-refractivity contribution in [1.29, 1.82) is 0 Å². The van der Waals surface area contributed by atoms with Gasteiger partial charge in [-0.25, -0.2) is 9.18 Å². The third-order valence-electron chi connectivity index (χ3n) is 5.05. The highest BCUT2D eigenvalue weighted by Gasteiger charge is 2.20. The molecule has 7 heteroatoms. The Bertz CT molecular complexity index is 1000. The quantitative estimate of drug-likeness (QED) is 0.724. The maximum Gasteiger partial charge on any atom is 0.350 e. The Labute approximate surface area is 156 Å². The van der Waals surface area contributed by atoms with Crippen molar-refractivity contribution in [3.8, 4) is 5.69 Å². The molecule has 0 radical (unpaired) electrons. The fourth-order valence-corrected chi connectivity index (χ4v) is 3.54. The molecule has 1 fully saturated rings.